The molecular weight excluding hydrogens is 352 g/mol. The number of rotatable bonds is 6. The first-order valence-electron chi connectivity index (χ1n) is 8.79. The molecular formula is C19H26N2O4S. The molecule has 2 rings (SSSR count). The predicted molar refractivity (Wildman–Crippen MR) is 102 cm³/mol. The predicted octanol–water partition coefficient (Wildman–Crippen LogP) is 3.07. The monoisotopic (exact) mass is 378 g/mol. The van der Waals surface area contributed by atoms with Crippen molar-refractivity contribution in [1.82, 2.24) is 4.90 Å². The minimum absolute atomic E-state index is 0.0137. The number of ether oxygens (including phenoxy) is 1. The van der Waals surface area contributed by atoms with E-state index < -0.39 is 17.3 Å². The van der Waals surface area contributed by atoms with Crippen LogP contribution in [0, 0.1) is 0 Å². The maximum Gasteiger partial charge on any atom is 0.308 e. The maximum absolute atomic E-state index is 12.5. The van der Waals surface area contributed by atoms with Crippen molar-refractivity contribution in [2.45, 2.75) is 69.4 Å². The van der Waals surface area contributed by atoms with Crippen molar-refractivity contribution in [2.24, 2.45) is 0 Å². The minimum atomic E-state index is -0.878. The molecule has 1 aliphatic rings. The lowest BCUT2D eigenvalue weighted by Crippen LogP contribution is -2.47. The van der Waals surface area contributed by atoms with E-state index >= 15 is 0 Å². The molecule has 2 amide bonds. The summed E-state index contributed by atoms with van der Waals surface area (Å²) in [6, 6.07) is 7.47. The Morgan fingerprint density at radius 1 is 1.15 bits per heavy atom. The number of para-hydroxylation sites is 1. The maximum atomic E-state index is 12.5. The third-order valence-corrected chi connectivity index (χ3v) is 5.36. The van der Waals surface area contributed by atoms with Crippen LogP contribution in [0.1, 0.15) is 41.0 Å². The van der Waals surface area contributed by atoms with E-state index in [-0.39, 0.29) is 30.3 Å². The van der Waals surface area contributed by atoms with E-state index in [1.165, 1.54) is 11.8 Å². The largest absolute Gasteiger partial charge is 0.452 e. The Labute approximate surface area is 158 Å². The quantitative estimate of drug-likeness (QED) is 0.770. The first-order valence-corrected chi connectivity index (χ1v) is 9.66. The third-order valence-electron chi connectivity index (χ3n) is 4.08. The van der Waals surface area contributed by atoms with Crippen LogP contribution in [0.25, 0.3) is 0 Å². The number of fused-ring (bicyclic) bond motifs is 1. The molecule has 142 valence electrons. The van der Waals surface area contributed by atoms with Crippen LogP contribution >= 0.6 is 11.8 Å². The average Bonchev–Trinajstić information content (AvgIpc) is 2.54. The van der Waals surface area contributed by atoms with Crippen molar-refractivity contribution in [1.29, 1.82) is 0 Å². The third kappa shape index (κ3) is 4.78. The van der Waals surface area contributed by atoms with Crippen LogP contribution in [0.3, 0.4) is 0 Å². The number of thioether (sulfide) groups is 1. The topological polar surface area (TPSA) is 75.7 Å². The van der Waals surface area contributed by atoms with Crippen molar-refractivity contribution in [3.63, 3.8) is 0 Å². The Morgan fingerprint density at radius 2 is 1.77 bits per heavy atom. The highest BCUT2D eigenvalue weighted by molar-refractivity contribution is 8.01. The molecule has 26 heavy (non-hydrogen) atoms. The first-order chi connectivity index (χ1) is 12.2. The molecule has 2 atom stereocenters. The molecule has 0 radical (unpaired) electrons. The molecule has 0 aliphatic carbocycles. The molecule has 7 heteroatoms. The van der Waals surface area contributed by atoms with E-state index in [0.717, 1.165) is 10.6 Å². The normalized spacial score (nSPS) is 17.5. The SMILES string of the molecule is CC(C)N(C(=O)[C@@H](C)OC(=O)C[C@@H]1Sc2ccccc2NC1=O)C(C)C. The van der Waals surface area contributed by atoms with Gasteiger partial charge in [-0.15, -0.1) is 11.8 Å². The van der Waals surface area contributed by atoms with E-state index in [4.69, 9.17) is 4.74 Å². The molecule has 1 aromatic rings. The number of anilines is 1. The van der Waals surface area contributed by atoms with E-state index in [1.807, 2.05) is 52.0 Å². The molecule has 0 spiro atoms. The van der Waals surface area contributed by atoms with Crippen LogP contribution in [-0.4, -0.2) is 46.1 Å². The number of hydrogen-bond donors (Lipinski definition) is 1. The van der Waals surface area contributed by atoms with E-state index in [2.05, 4.69) is 5.32 Å². The van der Waals surface area contributed by atoms with E-state index in [0.29, 0.717) is 0 Å². The second-order valence-electron chi connectivity index (χ2n) is 6.86. The Balaban J connectivity index is 1.96. The van der Waals surface area contributed by atoms with Gasteiger partial charge in [0.15, 0.2) is 6.10 Å². The molecule has 0 fully saturated rings. The van der Waals surface area contributed by atoms with Gasteiger partial charge < -0.3 is 15.0 Å². The molecule has 6 nitrogen and oxygen atoms in total. The molecule has 0 saturated heterocycles. The lowest BCUT2D eigenvalue weighted by molar-refractivity contribution is -0.161. The summed E-state index contributed by atoms with van der Waals surface area (Å²) >= 11 is 1.34. The molecule has 0 bridgehead atoms. The van der Waals surface area contributed by atoms with Crippen LogP contribution in [0.2, 0.25) is 0 Å². The van der Waals surface area contributed by atoms with E-state index in [1.54, 1.807) is 11.8 Å². The lowest BCUT2D eigenvalue weighted by Gasteiger charge is -2.32. The summed E-state index contributed by atoms with van der Waals surface area (Å²) in [5, 5.41) is 2.23. The van der Waals surface area contributed by atoms with Gasteiger partial charge in [-0.3, -0.25) is 14.4 Å². The molecule has 1 aliphatic heterocycles. The summed E-state index contributed by atoms with van der Waals surface area (Å²) in [5.74, 6) is -1.00. The average molecular weight is 378 g/mol. The summed E-state index contributed by atoms with van der Waals surface area (Å²) in [6.07, 6.45) is -0.956. The summed E-state index contributed by atoms with van der Waals surface area (Å²) in [4.78, 5) is 39.6. The van der Waals surface area contributed by atoms with Gasteiger partial charge in [-0.1, -0.05) is 12.1 Å². The molecule has 0 saturated carbocycles. The van der Waals surface area contributed by atoms with E-state index in [9.17, 15) is 14.4 Å². The van der Waals surface area contributed by atoms with Gasteiger partial charge >= 0.3 is 5.97 Å². The number of benzene rings is 1. The van der Waals surface area contributed by atoms with Gasteiger partial charge in [-0.05, 0) is 46.8 Å². The number of hydrogen-bond acceptors (Lipinski definition) is 5. The van der Waals surface area contributed by atoms with Crippen LogP contribution in [0.5, 0.6) is 0 Å². The zero-order chi connectivity index (χ0) is 19.4. The summed E-state index contributed by atoms with van der Waals surface area (Å²) < 4.78 is 5.31. The number of esters is 1. The van der Waals surface area contributed by atoms with Gasteiger partial charge in [0, 0.05) is 17.0 Å². The fourth-order valence-electron chi connectivity index (χ4n) is 2.99. The molecule has 1 N–H and O–H groups in total. The van der Waals surface area contributed by atoms with Crippen molar-refractivity contribution in [3.05, 3.63) is 24.3 Å². The fraction of sp³-hybridized carbons (Fsp3) is 0.526. The summed E-state index contributed by atoms with van der Waals surface area (Å²) in [7, 11) is 0. The molecule has 1 heterocycles. The molecule has 1 aromatic carbocycles. The zero-order valence-electron chi connectivity index (χ0n) is 15.8. The number of carbonyl (C=O) groups excluding carboxylic acids is 3. The molecule has 0 aromatic heterocycles. The Bertz CT molecular complexity index is 682. The lowest BCUT2D eigenvalue weighted by atomic mass is 10.2. The Kier molecular flexibility index (Phi) is 6.69. The fourth-order valence-corrected chi connectivity index (χ4v) is 4.08. The highest BCUT2D eigenvalue weighted by Crippen LogP contribution is 2.36. The number of nitrogens with one attached hydrogen (secondary N) is 1. The van der Waals surface area contributed by atoms with Crippen molar-refractivity contribution >= 4 is 35.2 Å². The zero-order valence-corrected chi connectivity index (χ0v) is 16.6. The van der Waals surface area contributed by atoms with Gasteiger partial charge in [-0.2, -0.15) is 0 Å². The van der Waals surface area contributed by atoms with Crippen LogP contribution in [-0.2, 0) is 19.1 Å². The van der Waals surface area contributed by atoms with Gasteiger partial charge in [-0.25, -0.2) is 0 Å². The minimum Gasteiger partial charge on any atom is -0.452 e. The highest BCUT2D eigenvalue weighted by Gasteiger charge is 2.32. The molecule has 0 unspecified atom stereocenters. The van der Waals surface area contributed by atoms with Crippen molar-refractivity contribution in [2.75, 3.05) is 5.32 Å². The first kappa shape index (κ1) is 20.3. The van der Waals surface area contributed by atoms with Gasteiger partial charge in [0.1, 0.15) is 0 Å². The smallest absolute Gasteiger partial charge is 0.308 e. The van der Waals surface area contributed by atoms with Gasteiger partial charge in [0.2, 0.25) is 5.91 Å². The second-order valence-corrected chi connectivity index (χ2v) is 8.11. The van der Waals surface area contributed by atoms with Crippen molar-refractivity contribution < 1.29 is 19.1 Å². The standard InChI is InChI=1S/C19H26N2O4S/c1-11(2)21(12(3)4)19(24)13(5)25-17(22)10-16-18(23)20-14-8-6-7-9-15(14)26-16/h6-9,11-13,16H,10H2,1-5H3,(H,20,23)/t13-,16+/m1/s1. The number of nitrogens with zero attached hydrogens (tertiary/aromatic N) is 1. The number of amides is 2. The second kappa shape index (κ2) is 8.58. The van der Waals surface area contributed by atoms with Crippen LogP contribution in [0.4, 0.5) is 5.69 Å². The van der Waals surface area contributed by atoms with Gasteiger partial charge in [0.05, 0.1) is 17.4 Å². The Hall–Kier alpha value is -2.02. The van der Waals surface area contributed by atoms with Crippen molar-refractivity contribution in [3.8, 4) is 0 Å². The Morgan fingerprint density at radius 3 is 2.38 bits per heavy atom. The summed E-state index contributed by atoms with van der Waals surface area (Å²) in [6.45, 7) is 9.26. The summed E-state index contributed by atoms with van der Waals surface area (Å²) in [5.41, 5.74) is 0.750. The van der Waals surface area contributed by atoms with Crippen LogP contribution in [0.15, 0.2) is 29.2 Å². The van der Waals surface area contributed by atoms with Gasteiger partial charge in [0.25, 0.3) is 5.91 Å². The highest BCUT2D eigenvalue weighted by atomic mass is 32.2. The van der Waals surface area contributed by atoms with Crippen LogP contribution < -0.4 is 5.32 Å². The number of carbonyl (C=O) groups is 3.